The number of rotatable bonds is 15. The molecule has 4 heterocycles. The van der Waals surface area contributed by atoms with E-state index in [0.29, 0.717) is 0 Å². The molecule has 2 saturated heterocycles. The molecule has 2 aliphatic rings. The van der Waals surface area contributed by atoms with Crippen molar-refractivity contribution in [1.82, 2.24) is 25.1 Å². The molecule has 2 fully saturated rings. The standard InChI is InChI=1S/C37H54N6/c1-6-32(26-33(29(2)3)25-30(4)31(5)39-16-13-23-42-19-9-7-10-20-42)36-27-37(34-28-38-18-15-35(34)41-36)40-17-14-24-43-21-11-8-12-22-43/h6,15,18,25-28,39H,1,5,7-14,16-17,19-24H2,2-4H3,(H,40,41)/b30-25+,32-26+. The van der Waals surface area contributed by atoms with Gasteiger partial charge in [-0.05, 0) is 128 Å². The summed E-state index contributed by atoms with van der Waals surface area (Å²) in [5.41, 5.74) is 8.43. The second-order valence-electron chi connectivity index (χ2n) is 12.4. The van der Waals surface area contributed by atoms with Crippen molar-refractivity contribution in [2.45, 2.75) is 72.1 Å². The summed E-state index contributed by atoms with van der Waals surface area (Å²) in [5, 5.41) is 8.31. The lowest BCUT2D eigenvalue weighted by Crippen LogP contribution is -2.32. The van der Waals surface area contributed by atoms with Crippen molar-refractivity contribution in [2.24, 2.45) is 0 Å². The minimum atomic E-state index is 0.909. The monoisotopic (exact) mass is 582 g/mol. The molecule has 0 radical (unpaired) electrons. The Morgan fingerprint density at radius 2 is 1.56 bits per heavy atom. The van der Waals surface area contributed by atoms with Gasteiger partial charge in [0, 0.05) is 47.8 Å². The predicted molar refractivity (Wildman–Crippen MR) is 185 cm³/mol. The Bertz CT molecular complexity index is 1300. The summed E-state index contributed by atoms with van der Waals surface area (Å²) in [6.07, 6.45) is 20.4. The Balaban J connectivity index is 1.44. The average Bonchev–Trinajstić information content (AvgIpc) is 3.03. The number of nitrogens with one attached hydrogen (secondary N) is 2. The van der Waals surface area contributed by atoms with Crippen LogP contribution < -0.4 is 10.6 Å². The van der Waals surface area contributed by atoms with Gasteiger partial charge in [-0.1, -0.05) is 43.7 Å². The quantitative estimate of drug-likeness (QED) is 0.165. The number of hydrogen-bond acceptors (Lipinski definition) is 6. The first kappa shape index (κ1) is 32.7. The van der Waals surface area contributed by atoms with Crippen LogP contribution in [0.15, 0.2) is 78.3 Å². The third kappa shape index (κ3) is 10.2. The van der Waals surface area contributed by atoms with E-state index in [1.807, 2.05) is 24.5 Å². The molecule has 2 aliphatic heterocycles. The number of aromatic nitrogens is 2. The van der Waals surface area contributed by atoms with E-state index >= 15 is 0 Å². The molecule has 43 heavy (non-hydrogen) atoms. The first-order chi connectivity index (χ1) is 20.9. The minimum Gasteiger partial charge on any atom is -0.385 e. The van der Waals surface area contributed by atoms with Crippen molar-refractivity contribution in [3.8, 4) is 0 Å². The van der Waals surface area contributed by atoms with Crippen molar-refractivity contribution in [2.75, 3.05) is 57.7 Å². The van der Waals surface area contributed by atoms with Gasteiger partial charge in [0.15, 0.2) is 0 Å². The van der Waals surface area contributed by atoms with Crippen molar-refractivity contribution >= 4 is 22.2 Å². The van der Waals surface area contributed by atoms with Gasteiger partial charge in [0.25, 0.3) is 0 Å². The molecule has 2 aromatic rings. The van der Waals surface area contributed by atoms with Crippen LogP contribution in [-0.4, -0.2) is 72.1 Å². The van der Waals surface area contributed by atoms with Crippen LogP contribution >= 0.6 is 0 Å². The van der Waals surface area contributed by atoms with Crippen LogP contribution in [0.2, 0.25) is 0 Å². The van der Waals surface area contributed by atoms with Gasteiger partial charge in [0.2, 0.25) is 0 Å². The van der Waals surface area contributed by atoms with E-state index in [-0.39, 0.29) is 0 Å². The molecule has 0 atom stereocenters. The zero-order valence-corrected chi connectivity index (χ0v) is 27.1. The van der Waals surface area contributed by atoms with Gasteiger partial charge >= 0.3 is 0 Å². The van der Waals surface area contributed by atoms with E-state index in [4.69, 9.17) is 4.98 Å². The molecule has 0 spiro atoms. The highest BCUT2D eigenvalue weighted by molar-refractivity contribution is 5.93. The number of pyridine rings is 2. The summed E-state index contributed by atoms with van der Waals surface area (Å²) in [6, 6.07) is 4.14. The summed E-state index contributed by atoms with van der Waals surface area (Å²) >= 11 is 0. The third-order valence-corrected chi connectivity index (χ3v) is 8.72. The van der Waals surface area contributed by atoms with Crippen LogP contribution in [0, 0.1) is 0 Å². The molecule has 0 aromatic carbocycles. The van der Waals surface area contributed by atoms with Gasteiger partial charge in [0.1, 0.15) is 0 Å². The second-order valence-corrected chi connectivity index (χ2v) is 12.4. The lowest BCUT2D eigenvalue weighted by atomic mass is 10.0. The molecule has 4 rings (SSSR count). The first-order valence-corrected chi connectivity index (χ1v) is 16.5. The van der Waals surface area contributed by atoms with Gasteiger partial charge < -0.3 is 20.4 Å². The van der Waals surface area contributed by atoms with E-state index in [0.717, 1.165) is 83.7 Å². The van der Waals surface area contributed by atoms with Crippen LogP contribution in [0.1, 0.15) is 77.8 Å². The van der Waals surface area contributed by atoms with Gasteiger partial charge in [-0.3, -0.25) is 4.98 Å². The summed E-state index contributed by atoms with van der Waals surface area (Å²) in [4.78, 5) is 14.6. The predicted octanol–water partition coefficient (Wildman–Crippen LogP) is 7.75. The SMILES string of the molecule is C=C/C(=C\C(/C=C(\C)C(=C)NCCCN1CCCCC1)=C(C)C)c1cc(NCCCN2CCCCC2)c2cnccc2n1. The molecule has 6 heteroatoms. The fourth-order valence-electron chi connectivity index (χ4n) is 5.99. The van der Waals surface area contributed by atoms with Crippen LogP contribution in [0.5, 0.6) is 0 Å². The van der Waals surface area contributed by atoms with E-state index in [9.17, 15) is 0 Å². The molecule has 6 nitrogen and oxygen atoms in total. The van der Waals surface area contributed by atoms with Gasteiger partial charge in [-0.15, -0.1) is 0 Å². The number of likely N-dealkylation sites (tertiary alicyclic amines) is 2. The zero-order chi connectivity index (χ0) is 30.4. The van der Waals surface area contributed by atoms with Crippen molar-refractivity contribution in [3.63, 3.8) is 0 Å². The summed E-state index contributed by atoms with van der Waals surface area (Å²) < 4.78 is 0. The molecule has 0 aliphatic carbocycles. The largest absolute Gasteiger partial charge is 0.385 e. The maximum atomic E-state index is 5.02. The van der Waals surface area contributed by atoms with Gasteiger partial charge in [-0.2, -0.15) is 0 Å². The summed E-state index contributed by atoms with van der Waals surface area (Å²) in [5.74, 6) is 0. The Kier molecular flexibility index (Phi) is 13.1. The molecular weight excluding hydrogens is 528 g/mol. The molecule has 232 valence electrons. The number of piperidine rings is 2. The number of anilines is 1. The highest BCUT2D eigenvalue weighted by Crippen LogP contribution is 2.28. The van der Waals surface area contributed by atoms with Crippen LogP contribution in [0.25, 0.3) is 16.5 Å². The fourth-order valence-corrected chi connectivity index (χ4v) is 5.99. The van der Waals surface area contributed by atoms with Crippen LogP contribution in [-0.2, 0) is 0 Å². The zero-order valence-electron chi connectivity index (χ0n) is 27.1. The Hall–Kier alpha value is -3.22. The number of allylic oxidation sites excluding steroid dienone is 7. The van der Waals surface area contributed by atoms with E-state index in [1.54, 1.807) is 0 Å². The van der Waals surface area contributed by atoms with E-state index in [2.05, 4.69) is 77.6 Å². The second kappa shape index (κ2) is 17.2. The normalized spacial score (nSPS) is 17.1. The lowest BCUT2D eigenvalue weighted by molar-refractivity contribution is 0.226. The number of hydrogen-bond donors (Lipinski definition) is 2. The van der Waals surface area contributed by atoms with Crippen LogP contribution in [0.4, 0.5) is 5.69 Å². The van der Waals surface area contributed by atoms with Crippen molar-refractivity contribution in [1.29, 1.82) is 0 Å². The third-order valence-electron chi connectivity index (χ3n) is 8.72. The summed E-state index contributed by atoms with van der Waals surface area (Å²) in [7, 11) is 0. The first-order valence-electron chi connectivity index (χ1n) is 16.5. The van der Waals surface area contributed by atoms with Gasteiger partial charge in [-0.25, -0.2) is 4.98 Å². The van der Waals surface area contributed by atoms with E-state index in [1.165, 1.54) is 70.3 Å². The molecular formula is C37H54N6. The minimum absolute atomic E-state index is 0.909. The Labute approximate surface area is 260 Å². The maximum Gasteiger partial charge on any atom is 0.0761 e. The highest BCUT2D eigenvalue weighted by atomic mass is 15.1. The van der Waals surface area contributed by atoms with Gasteiger partial charge in [0.05, 0.1) is 11.2 Å². The Morgan fingerprint density at radius 1 is 0.907 bits per heavy atom. The molecule has 0 saturated carbocycles. The topological polar surface area (TPSA) is 56.3 Å². The maximum absolute atomic E-state index is 5.02. The highest BCUT2D eigenvalue weighted by Gasteiger charge is 2.12. The smallest absolute Gasteiger partial charge is 0.0761 e. The molecule has 0 bridgehead atoms. The van der Waals surface area contributed by atoms with Crippen molar-refractivity contribution in [3.05, 3.63) is 84.0 Å². The molecule has 2 N–H and O–H groups in total. The fraction of sp³-hybridized carbons (Fsp3) is 0.514. The number of nitrogens with zero attached hydrogens (tertiary/aromatic N) is 4. The average molecular weight is 583 g/mol. The molecule has 0 unspecified atom stereocenters. The van der Waals surface area contributed by atoms with Crippen molar-refractivity contribution < 1.29 is 0 Å². The van der Waals surface area contributed by atoms with Crippen LogP contribution in [0.3, 0.4) is 0 Å². The number of fused-ring (bicyclic) bond motifs is 1. The lowest BCUT2D eigenvalue weighted by Gasteiger charge is -2.26. The molecule has 0 amide bonds. The Morgan fingerprint density at radius 3 is 2.19 bits per heavy atom. The molecule has 2 aromatic heterocycles. The summed E-state index contributed by atoms with van der Waals surface area (Å²) in [6.45, 7) is 24.1. The van der Waals surface area contributed by atoms with E-state index < -0.39 is 0 Å².